The van der Waals surface area contributed by atoms with Gasteiger partial charge in [0, 0.05) is 6.54 Å². The van der Waals surface area contributed by atoms with Gasteiger partial charge in [0.2, 0.25) is 5.91 Å². The number of likely N-dealkylation sites (tertiary alicyclic amines) is 1. The van der Waals surface area contributed by atoms with Crippen LogP contribution in [0.25, 0.3) is 0 Å². The minimum atomic E-state index is -0.311. The van der Waals surface area contributed by atoms with Gasteiger partial charge in [0.1, 0.15) is 0 Å². The number of carbonyl (C=O) groups is 1. The summed E-state index contributed by atoms with van der Waals surface area (Å²) in [5, 5.41) is 8.94. The molecule has 1 heterocycles. The minimum Gasteiger partial charge on any atom is -0.368 e. The third-order valence-corrected chi connectivity index (χ3v) is 2.81. The molecule has 1 aliphatic rings. The maximum absolute atomic E-state index is 11.2. The molecule has 1 aliphatic heterocycles. The Morgan fingerprint density at radius 3 is 2.93 bits per heavy atom. The first-order valence-electron chi connectivity index (χ1n) is 5.15. The lowest BCUT2D eigenvalue weighted by Crippen LogP contribution is -2.51. The smallest absolute Gasteiger partial charge is 0.234 e. The maximum atomic E-state index is 11.2. The van der Waals surface area contributed by atoms with Crippen molar-refractivity contribution in [2.24, 2.45) is 5.73 Å². The summed E-state index contributed by atoms with van der Waals surface area (Å²) in [5.74, 6) is -0.311. The van der Waals surface area contributed by atoms with Crippen molar-refractivity contribution in [1.82, 2.24) is 4.90 Å². The zero-order valence-corrected chi connectivity index (χ0v) is 8.57. The number of hydrogen-bond acceptors (Lipinski definition) is 3. The number of rotatable bonds is 3. The molecule has 0 aromatic carbocycles. The molecule has 0 radical (unpaired) electrons. The van der Waals surface area contributed by atoms with E-state index in [0.29, 0.717) is 6.42 Å². The molecule has 1 rings (SSSR count). The number of nitriles is 1. The molecule has 78 valence electrons. The summed E-state index contributed by atoms with van der Waals surface area (Å²) in [6, 6.07) is 1.85. The van der Waals surface area contributed by atoms with Gasteiger partial charge >= 0.3 is 0 Å². The van der Waals surface area contributed by atoms with Crippen molar-refractivity contribution in [3.8, 4) is 6.07 Å². The van der Waals surface area contributed by atoms with Crippen molar-refractivity contribution in [2.45, 2.75) is 44.7 Å². The first-order chi connectivity index (χ1) is 6.70. The second-order valence-electron chi connectivity index (χ2n) is 3.70. The summed E-state index contributed by atoms with van der Waals surface area (Å²) in [5.41, 5.74) is 5.30. The van der Waals surface area contributed by atoms with E-state index in [1.807, 2.05) is 11.8 Å². The van der Waals surface area contributed by atoms with E-state index in [9.17, 15) is 4.79 Å². The molecule has 1 saturated heterocycles. The van der Waals surface area contributed by atoms with Gasteiger partial charge < -0.3 is 5.73 Å². The Kier molecular flexibility index (Phi) is 3.90. The van der Waals surface area contributed by atoms with Crippen LogP contribution in [0.3, 0.4) is 0 Å². The highest BCUT2D eigenvalue weighted by Crippen LogP contribution is 2.20. The first kappa shape index (κ1) is 11.0. The molecule has 0 aromatic rings. The van der Waals surface area contributed by atoms with Gasteiger partial charge in [-0.15, -0.1) is 0 Å². The van der Waals surface area contributed by atoms with Gasteiger partial charge in [0.25, 0.3) is 0 Å². The molecule has 1 amide bonds. The molecular weight excluding hydrogens is 178 g/mol. The van der Waals surface area contributed by atoms with Crippen LogP contribution < -0.4 is 5.73 Å². The number of carbonyl (C=O) groups excluding carboxylic acids is 1. The predicted octanol–water partition coefficient (Wildman–Crippen LogP) is 0.628. The number of amides is 1. The fourth-order valence-corrected chi connectivity index (χ4v) is 2.06. The standard InChI is InChI=1S/C10H17N3O/c1-2-9(10(12)14)13-6-4-3-5-8(13)7-11/h8-9H,2-6H2,1H3,(H2,12,14). The van der Waals surface area contributed by atoms with Crippen LogP contribution in [0.1, 0.15) is 32.6 Å². The molecular formula is C10H17N3O. The van der Waals surface area contributed by atoms with E-state index in [0.717, 1.165) is 25.8 Å². The zero-order valence-electron chi connectivity index (χ0n) is 8.57. The lowest BCUT2D eigenvalue weighted by molar-refractivity contribution is -0.124. The van der Waals surface area contributed by atoms with Crippen LogP contribution in [0.15, 0.2) is 0 Å². The fourth-order valence-electron chi connectivity index (χ4n) is 2.06. The van der Waals surface area contributed by atoms with Crippen LogP contribution in [0.4, 0.5) is 0 Å². The molecule has 4 nitrogen and oxygen atoms in total. The van der Waals surface area contributed by atoms with Crippen molar-refractivity contribution in [2.75, 3.05) is 6.54 Å². The van der Waals surface area contributed by atoms with E-state index >= 15 is 0 Å². The number of nitrogens with zero attached hydrogens (tertiary/aromatic N) is 2. The average molecular weight is 195 g/mol. The third-order valence-electron chi connectivity index (χ3n) is 2.81. The molecule has 0 saturated carbocycles. The van der Waals surface area contributed by atoms with Crippen LogP contribution >= 0.6 is 0 Å². The molecule has 4 heteroatoms. The van der Waals surface area contributed by atoms with Gasteiger partial charge in [-0.1, -0.05) is 6.92 Å². The molecule has 2 atom stereocenters. The van der Waals surface area contributed by atoms with E-state index in [1.54, 1.807) is 0 Å². The summed E-state index contributed by atoms with van der Waals surface area (Å²) >= 11 is 0. The van der Waals surface area contributed by atoms with Gasteiger partial charge in [-0.3, -0.25) is 9.69 Å². The van der Waals surface area contributed by atoms with E-state index in [2.05, 4.69) is 6.07 Å². The second-order valence-corrected chi connectivity index (χ2v) is 3.70. The quantitative estimate of drug-likeness (QED) is 0.718. The number of hydrogen-bond donors (Lipinski definition) is 1. The van der Waals surface area contributed by atoms with Crippen LogP contribution in [0.5, 0.6) is 0 Å². The predicted molar refractivity (Wildman–Crippen MR) is 53.2 cm³/mol. The Morgan fingerprint density at radius 1 is 1.71 bits per heavy atom. The molecule has 0 aromatic heterocycles. The number of piperidine rings is 1. The molecule has 0 spiro atoms. The largest absolute Gasteiger partial charge is 0.368 e. The lowest BCUT2D eigenvalue weighted by atomic mass is 9.99. The topological polar surface area (TPSA) is 70.1 Å². The minimum absolute atomic E-state index is 0.124. The van der Waals surface area contributed by atoms with Gasteiger partial charge in [-0.25, -0.2) is 0 Å². The van der Waals surface area contributed by atoms with Crippen molar-refractivity contribution >= 4 is 5.91 Å². The molecule has 2 N–H and O–H groups in total. The van der Waals surface area contributed by atoms with Crippen LogP contribution in [-0.2, 0) is 4.79 Å². The van der Waals surface area contributed by atoms with Crippen molar-refractivity contribution in [3.63, 3.8) is 0 Å². The SMILES string of the molecule is CCC(C(N)=O)N1CCCCC1C#N. The van der Waals surface area contributed by atoms with E-state index < -0.39 is 0 Å². The molecule has 14 heavy (non-hydrogen) atoms. The van der Waals surface area contributed by atoms with Gasteiger partial charge in [0.05, 0.1) is 18.2 Å². The van der Waals surface area contributed by atoms with Crippen molar-refractivity contribution in [1.29, 1.82) is 5.26 Å². The summed E-state index contributed by atoms with van der Waals surface area (Å²) < 4.78 is 0. The molecule has 0 bridgehead atoms. The van der Waals surface area contributed by atoms with Crippen molar-refractivity contribution in [3.05, 3.63) is 0 Å². The Bertz CT molecular complexity index is 246. The lowest BCUT2D eigenvalue weighted by Gasteiger charge is -2.35. The highest BCUT2D eigenvalue weighted by atomic mass is 16.1. The second kappa shape index (κ2) is 4.97. The summed E-state index contributed by atoms with van der Waals surface area (Å²) in [4.78, 5) is 13.1. The number of nitrogens with two attached hydrogens (primary N) is 1. The number of primary amides is 1. The summed E-state index contributed by atoms with van der Waals surface area (Å²) in [6.07, 6.45) is 3.68. The Balaban J connectivity index is 2.71. The highest BCUT2D eigenvalue weighted by molar-refractivity contribution is 5.79. The Morgan fingerprint density at radius 2 is 2.43 bits per heavy atom. The van der Waals surface area contributed by atoms with Gasteiger partial charge in [-0.05, 0) is 25.7 Å². The Labute approximate surface area is 84.7 Å². The van der Waals surface area contributed by atoms with Crippen LogP contribution in [0, 0.1) is 11.3 Å². The average Bonchev–Trinajstić information content (AvgIpc) is 2.19. The van der Waals surface area contributed by atoms with E-state index in [1.165, 1.54) is 0 Å². The Hall–Kier alpha value is -1.08. The van der Waals surface area contributed by atoms with Gasteiger partial charge in [0.15, 0.2) is 0 Å². The van der Waals surface area contributed by atoms with Crippen LogP contribution in [-0.4, -0.2) is 29.4 Å². The van der Waals surface area contributed by atoms with Crippen molar-refractivity contribution < 1.29 is 4.79 Å². The van der Waals surface area contributed by atoms with Gasteiger partial charge in [-0.2, -0.15) is 5.26 Å². The molecule has 2 unspecified atom stereocenters. The molecule has 0 aliphatic carbocycles. The van der Waals surface area contributed by atoms with E-state index in [4.69, 9.17) is 11.0 Å². The maximum Gasteiger partial charge on any atom is 0.234 e. The van der Waals surface area contributed by atoms with E-state index in [-0.39, 0.29) is 18.0 Å². The third kappa shape index (κ3) is 2.24. The monoisotopic (exact) mass is 195 g/mol. The molecule has 1 fully saturated rings. The first-order valence-corrected chi connectivity index (χ1v) is 5.15. The fraction of sp³-hybridized carbons (Fsp3) is 0.800. The highest BCUT2D eigenvalue weighted by Gasteiger charge is 2.30. The zero-order chi connectivity index (χ0) is 10.6. The summed E-state index contributed by atoms with van der Waals surface area (Å²) in [7, 11) is 0. The van der Waals surface area contributed by atoms with Crippen LogP contribution in [0.2, 0.25) is 0 Å². The summed E-state index contributed by atoms with van der Waals surface area (Å²) in [6.45, 7) is 2.75. The normalized spacial score (nSPS) is 25.3.